The SMILES string of the molecule is C[n+]1cc[nH]c1CCCS(=O)(=O)O. The summed E-state index contributed by atoms with van der Waals surface area (Å²) in [7, 11) is -1.94. The van der Waals surface area contributed by atoms with Crippen LogP contribution >= 0.6 is 0 Å². The third kappa shape index (κ3) is 3.56. The summed E-state index contributed by atoms with van der Waals surface area (Å²) in [6.07, 6.45) is 4.67. The zero-order valence-corrected chi connectivity index (χ0v) is 8.21. The minimum absolute atomic E-state index is 0.188. The lowest BCUT2D eigenvalue weighted by molar-refractivity contribution is -0.677. The molecule has 0 bridgehead atoms. The standard InChI is InChI=1S/C7H12N2O3S/c1-9-5-4-8-7(9)3-2-6-13(10,11)12/h4-5H,2-3,6H2,1H3,(H,10,11,12)/p+1. The molecule has 0 unspecified atom stereocenters. The van der Waals surface area contributed by atoms with Gasteiger partial charge in [0, 0.05) is 0 Å². The molecule has 0 atom stereocenters. The Balaban J connectivity index is 2.41. The van der Waals surface area contributed by atoms with Crippen molar-refractivity contribution in [2.45, 2.75) is 12.8 Å². The largest absolute Gasteiger partial charge is 0.286 e. The monoisotopic (exact) mass is 205 g/mol. The average Bonchev–Trinajstić information content (AvgIpc) is 2.34. The molecular weight excluding hydrogens is 192 g/mol. The Morgan fingerprint density at radius 2 is 2.31 bits per heavy atom. The molecule has 1 aromatic heterocycles. The highest BCUT2D eigenvalue weighted by Gasteiger charge is 2.09. The third-order valence-corrected chi connectivity index (χ3v) is 2.59. The van der Waals surface area contributed by atoms with Crippen molar-refractivity contribution in [3.8, 4) is 0 Å². The molecule has 74 valence electrons. The molecule has 1 aromatic rings. The molecule has 1 heterocycles. The molecule has 0 aliphatic carbocycles. The predicted molar refractivity (Wildman–Crippen MR) is 46.7 cm³/mol. The molecule has 0 saturated heterocycles. The van der Waals surface area contributed by atoms with Gasteiger partial charge in [-0.25, -0.2) is 9.55 Å². The van der Waals surface area contributed by atoms with Gasteiger partial charge in [-0.1, -0.05) is 0 Å². The summed E-state index contributed by atoms with van der Waals surface area (Å²) in [4.78, 5) is 2.98. The van der Waals surface area contributed by atoms with E-state index in [0.29, 0.717) is 12.8 Å². The highest BCUT2D eigenvalue weighted by molar-refractivity contribution is 7.85. The van der Waals surface area contributed by atoms with Crippen molar-refractivity contribution in [1.29, 1.82) is 0 Å². The van der Waals surface area contributed by atoms with Gasteiger partial charge < -0.3 is 0 Å². The molecule has 2 N–H and O–H groups in total. The van der Waals surface area contributed by atoms with Crippen LogP contribution in [0.5, 0.6) is 0 Å². The summed E-state index contributed by atoms with van der Waals surface area (Å²) in [5, 5.41) is 0. The van der Waals surface area contributed by atoms with Gasteiger partial charge in [-0.05, 0) is 6.42 Å². The van der Waals surface area contributed by atoms with Crippen molar-refractivity contribution in [2.75, 3.05) is 5.75 Å². The number of nitrogens with one attached hydrogen (secondary N) is 1. The van der Waals surface area contributed by atoms with E-state index in [1.54, 1.807) is 6.20 Å². The quantitative estimate of drug-likeness (QED) is 0.521. The minimum Gasteiger partial charge on any atom is -0.286 e. The van der Waals surface area contributed by atoms with Crippen molar-refractivity contribution in [2.24, 2.45) is 7.05 Å². The molecule has 1 rings (SSSR count). The summed E-state index contributed by atoms with van der Waals surface area (Å²) in [6, 6.07) is 0. The van der Waals surface area contributed by atoms with Crippen molar-refractivity contribution in [1.82, 2.24) is 4.98 Å². The van der Waals surface area contributed by atoms with Crippen molar-refractivity contribution in [3.63, 3.8) is 0 Å². The van der Waals surface area contributed by atoms with Crippen molar-refractivity contribution in [3.05, 3.63) is 18.2 Å². The summed E-state index contributed by atoms with van der Waals surface area (Å²) >= 11 is 0. The molecule has 0 aliphatic rings. The Morgan fingerprint density at radius 3 is 2.77 bits per heavy atom. The fourth-order valence-electron chi connectivity index (χ4n) is 1.11. The number of aromatic nitrogens is 2. The van der Waals surface area contributed by atoms with E-state index in [9.17, 15) is 8.42 Å². The van der Waals surface area contributed by atoms with E-state index in [1.807, 2.05) is 17.8 Å². The first-order valence-electron chi connectivity index (χ1n) is 3.96. The van der Waals surface area contributed by atoms with Gasteiger partial charge in [0.1, 0.15) is 12.4 Å². The van der Waals surface area contributed by atoms with Crippen LogP contribution in [0.25, 0.3) is 0 Å². The number of nitrogens with zero attached hydrogens (tertiary/aromatic N) is 1. The van der Waals surface area contributed by atoms with Crippen LogP contribution in [0.1, 0.15) is 12.2 Å². The molecule has 13 heavy (non-hydrogen) atoms. The maximum absolute atomic E-state index is 10.4. The number of hydrogen-bond acceptors (Lipinski definition) is 2. The third-order valence-electron chi connectivity index (χ3n) is 1.79. The average molecular weight is 205 g/mol. The lowest BCUT2D eigenvalue weighted by atomic mass is 10.3. The fraction of sp³-hybridized carbons (Fsp3) is 0.571. The molecule has 0 aliphatic heterocycles. The van der Waals surface area contributed by atoms with E-state index in [-0.39, 0.29) is 5.75 Å². The zero-order chi connectivity index (χ0) is 9.90. The molecule has 0 aromatic carbocycles. The molecule has 0 saturated carbocycles. The summed E-state index contributed by atoms with van der Waals surface area (Å²) < 4.78 is 31.1. The Morgan fingerprint density at radius 1 is 1.62 bits per heavy atom. The Bertz CT molecular complexity index is 369. The van der Waals surface area contributed by atoms with Crippen LogP contribution in [0.3, 0.4) is 0 Å². The highest BCUT2D eigenvalue weighted by atomic mass is 32.2. The molecular formula is C7H13N2O3S+. The number of hydrogen-bond donors (Lipinski definition) is 2. The van der Waals surface area contributed by atoms with Gasteiger partial charge in [0.15, 0.2) is 0 Å². The van der Waals surface area contributed by atoms with Crippen LogP contribution in [0, 0.1) is 0 Å². The van der Waals surface area contributed by atoms with Gasteiger partial charge in [-0.2, -0.15) is 8.42 Å². The second-order valence-corrected chi connectivity index (χ2v) is 4.48. The van der Waals surface area contributed by atoms with Gasteiger partial charge in [0.05, 0.1) is 19.2 Å². The number of imidazole rings is 1. The van der Waals surface area contributed by atoms with Gasteiger partial charge >= 0.3 is 0 Å². The first-order chi connectivity index (χ1) is 5.99. The number of aryl methyl sites for hydroxylation is 2. The van der Waals surface area contributed by atoms with Gasteiger partial charge in [0.25, 0.3) is 15.9 Å². The molecule has 0 spiro atoms. The first-order valence-corrected chi connectivity index (χ1v) is 5.57. The maximum Gasteiger partial charge on any atom is 0.264 e. The summed E-state index contributed by atoms with van der Waals surface area (Å²) in [5.41, 5.74) is 0. The topological polar surface area (TPSA) is 74.0 Å². The number of rotatable bonds is 4. The molecule has 0 fully saturated rings. The Hall–Kier alpha value is -0.880. The fourth-order valence-corrected chi connectivity index (χ4v) is 1.62. The summed E-state index contributed by atoms with van der Waals surface area (Å²) in [5.74, 6) is 0.759. The number of H-pyrrole nitrogens is 1. The van der Waals surface area contributed by atoms with E-state index in [2.05, 4.69) is 4.98 Å². The van der Waals surface area contributed by atoms with Gasteiger partial charge in [-0.3, -0.25) is 4.55 Å². The molecule has 5 nitrogen and oxygen atoms in total. The first kappa shape index (κ1) is 10.2. The summed E-state index contributed by atoms with van der Waals surface area (Å²) in [6.45, 7) is 0. The van der Waals surface area contributed by atoms with E-state index in [1.165, 1.54) is 0 Å². The highest BCUT2D eigenvalue weighted by Crippen LogP contribution is 1.95. The second-order valence-electron chi connectivity index (χ2n) is 2.91. The van der Waals surface area contributed by atoms with E-state index in [0.717, 1.165) is 5.82 Å². The Kier molecular flexibility index (Phi) is 3.05. The predicted octanol–water partition coefficient (Wildman–Crippen LogP) is -0.340. The minimum atomic E-state index is -3.81. The molecule has 0 amide bonds. The zero-order valence-electron chi connectivity index (χ0n) is 7.40. The lowest BCUT2D eigenvalue weighted by Gasteiger charge is -1.94. The lowest BCUT2D eigenvalue weighted by Crippen LogP contribution is -2.30. The normalized spacial score (nSPS) is 11.8. The maximum atomic E-state index is 10.4. The van der Waals surface area contributed by atoms with Crippen LogP contribution in [0.15, 0.2) is 12.4 Å². The van der Waals surface area contributed by atoms with Crippen molar-refractivity contribution >= 4 is 10.1 Å². The molecule has 0 radical (unpaired) electrons. The smallest absolute Gasteiger partial charge is 0.264 e. The van der Waals surface area contributed by atoms with E-state index >= 15 is 0 Å². The van der Waals surface area contributed by atoms with Crippen LogP contribution in [0.4, 0.5) is 0 Å². The van der Waals surface area contributed by atoms with Crippen LogP contribution in [0.2, 0.25) is 0 Å². The van der Waals surface area contributed by atoms with Crippen LogP contribution in [-0.4, -0.2) is 23.7 Å². The van der Waals surface area contributed by atoms with E-state index < -0.39 is 10.1 Å². The molecule has 6 heteroatoms. The van der Waals surface area contributed by atoms with Crippen LogP contribution in [-0.2, 0) is 23.6 Å². The Labute approximate surface area is 77.2 Å². The van der Waals surface area contributed by atoms with E-state index in [4.69, 9.17) is 4.55 Å². The van der Waals surface area contributed by atoms with Gasteiger partial charge in [-0.15, -0.1) is 0 Å². The van der Waals surface area contributed by atoms with Crippen LogP contribution < -0.4 is 4.57 Å². The second kappa shape index (κ2) is 3.89. The van der Waals surface area contributed by atoms with Gasteiger partial charge in [0.2, 0.25) is 0 Å². The number of aromatic amines is 1. The van der Waals surface area contributed by atoms with Crippen molar-refractivity contribution < 1.29 is 17.5 Å².